The summed E-state index contributed by atoms with van der Waals surface area (Å²) < 4.78 is 0. The number of carbonyl (C=O) groups is 2. The van der Waals surface area contributed by atoms with Crippen molar-refractivity contribution in [3.63, 3.8) is 0 Å². The topological polar surface area (TPSA) is 92.4 Å². The van der Waals surface area contributed by atoms with E-state index in [1.807, 2.05) is 0 Å². The molecule has 12 heavy (non-hydrogen) atoms. The minimum Gasteiger partial charge on any atom is -0.481 e. The molecule has 0 aromatic carbocycles. The van der Waals surface area contributed by atoms with Gasteiger partial charge in [-0.15, -0.1) is 0 Å². The van der Waals surface area contributed by atoms with Gasteiger partial charge in [-0.1, -0.05) is 0 Å². The Bertz CT molecular complexity index is 213. The zero-order chi connectivity index (χ0) is 9.19. The molecule has 5 heteroatoms. The third-order valence-corrected chi connectivity index (χ3v) is 1.96. The van der Waals surface area contributed by atoms with Crippen LogP contribution in [0.15, 0.2) is 0 Å². The summed E-state index contributed by atoms with van der Waals surface area (Å²) in [5, 5.41) is 11.1. The van der Waals surface area contributed by atoms with Gasteiger partial charge in [0, 0.05) is 18.5 Å². The molecular formula is C7H12N2O3. The second kappa shape index (κ2) is 3.10. The molecule has 5 nitrogen and oxygen atoms in total. The molecule has 0 aliphatic carbocycles. The van der Waals surface area contributed by atoms with Crippen molar-refractivity contribution in [2.45, 2.75) is 24.8 Å². The SMILES string of the molecule is NC1(CC(=O)O)CCNC(=O)C1. The standard InChI is InChI=1S/C7H12N2O3/c8-7(4-6(11)12)1-2-9-5(10)3-7/h1-4,8H2,(H,9,10)(H,11,12). The van der Waals surface area contributed by atoms with E-state index >= 15 is 0 Å². The maximum absolute atomic E-state index is 10.9. The van der Waals surface area contributed by atoms with Crippen molar-refractivity contribution in [2.75, 3.05) is 6.54 Å². The molecule has 1 atom stereocenters. The van der Waals surface area contributed by atoms with Crippen LogP contribution in [0.25, 0.3) is 0 Å². The predicted octanol–water partition coefficient (Wildman–Crippen LogP) is -0.931. The van der Waals surface area contributed by atoms with Gasteiger partial charge in [0.15, 0.2) is 0 Å². The number of carboxylic acid groups (broad SMARTS) is 1. The first kappa shape index (κ1) is 8.99. The lowest BCUT2D eigenvalue weighted by molar-refractivity contribution is -0.139. The van der Waals surface area contributed by atoms with Crippen LogP contribution in [0.4, 0.5) is 0 Å². The van der Waals surface area contributed by atoms with E-state index in [4.69, 9.17) is 10.8 Å². The molecule has 4 N–H and O–H groups in total. The highest BCUT2D eigenvalue weighted by atomic mass is 16.4. The van der Waals surface area contributed by atoms with E-state index in [1.165, 1.54) is 0 Å². The molecule has 0 saturated carbocycles. The number of hydrogen-bond acceptors (Lipinski definition) is 3. The van der Waals surface area contributed by atoms with Crippen LogP contribution in [0.3, 0.4) is 0 Å². The van der Waals surface area contributed by atoms with Crippen molar-refractivity contribution in [3.8, 4) is 0 Å². The zero-order valence-corrected chi connectivity index (χ0v) is 6.67. The fourth-order valence-electron chi connectivity index (χ4n) is 1.37. The Morgan fingerprint density at radius 2 is 2.42 bits per heavy atom. The first-order valence-corrected chi connectivity index (χ1v) is 3.79. The fourth-order valence-corrected chi connectivity index (χ4v) is 1.37. The van der Waals surface area contributed by atoms with Crippen molar-refractivity contribution < 1.29 is 14.7 Å². The zero-order valence-electron chi connectivity index (χ0n) is 6.67. The number of nitrogens with one attached hydrogen (secondary N) is 1. The molecule has 0 aromatic heterocycles. The summed E-state index contributed by atoms with van der Waals surface area (Å²) in [5.41, 5.74) is 4.87. The Morgan fingerprint density at radius 1 is 1.75 bits per heavy atom. The quantitative estimate of drug-likeness (QED) is 0.501. The number of carbonyl (C=O) groups excluding carboxylic acids is 1. The van der Waals surface area contributed by atoms with Gasteiger partial charge in [0.1, 0.15) is 0 Å². The maximum Gasteiger partial charge on any atom is 0.305 e. The van der Waals surface area contributed by atoms with E-state index in [-0.39, 0.29) is 18.7 Å². The summed E-state index contributed by atoms with van der Waals surface area (Å²) in [5.74, 6) is -1.11. The van der Waals surface area contributed by atoms with E-state index < -0.39 is 11.5 Å². The molecule has 1 saturated heterocycles. The largest absolute Gasteiger partial charge is 0.481 e. The van der Waals surface area contributed by atoms with Gasteiger partial charge in [-0.05, 0) is 6.42 Å². The van der Waals surface area contributed by atoms with Crippen LogP contribution >= 0.6 is 0 Å². The first-order chi connectivity index (χ1) is 5.52. The van der Waals surface area contributed by atoms with Crippen molar-refractivity contribution in [1.82, 2.24) is 5.32 Å². The van der Waals surface area contributed by atoms with Crippen LogP contribution in [-0.2, 0) is 9.59 Å². The van der Waals surface area contributed by atoms with Gasteiger partial charge < -0.3 is 16.2 Å². The molecule has 0 aromatic rings. The van der Waals surface area contributed by atoms with E-state index in [1.54, 1.807) is 0 Å². The molecule has 0 bridgehead atoms. The minimum atomic E-state index is -0.952. The van der Waals surface area contributed by atoms with Gasteiger partial charge >= 0.3 is 5.97 Å². The molecule has 1 aliphatic rings. The van der Waals surface area contributed by atoms with Gasteiger partial charge in [-0.3, -0.25) is 9.59 Å². The molecule has 0 spiro atoms. The van der Waals surface area contributed by atoms with E-state index in [0.717, 1.165) is 0 Å². The van der Waals surface area contributed by atoms with Gasteiger partial charge in [0.2, 0.25) is 5.91 Å². The normalized spacial score (nSPS) is 29.6. The third kappa shape index (κ3) is 2.20. The van der Waals surface area contributed by atoms with E-state index in [0.29, 0.717) is 13.0 Å². The lowest BCUT2D eigenvalue weighted by Gasteiger charge is -2.31. The number of aliphatic carboxylic acids is 1. The van der Waals surface area contributed by atoms with E-state index in [2.05, 4.69) is 5.32 Å². The first-order valence-electron chi connectivity index (χ1n) is 3.79. The van der Waals surface area contributed by atoms with Gasteiger partial charge in [0.05, 0.1) is 6.42 Å². The van der Waals surface area contributed by atoms with Gasteiger partial charge in [0.25, 0.3) is 0 Å². The highest BCUT2D eigenvalue weighted by Gasteiger charge is 2.33. The lowest BCUT2D eigenvalue weighted by Crippen LogP contribution is -2.52. The molecule has 1 amide bonds. The fraction of sp³-hybridized carbons (Fsp3) is 0.714. The Morgan fingerprint density at radius 3 is 2.92 bits per heavy atom. The van der Waals surface area contributed by atoms with Crippen LogP contribution in [0, 0.1) is 0 Å². The number of carboxylic acids is 1. The van der Waals surface area contributed by atoms with Crippen LogP contribution < -0.4 is 11.1 Å². The number of piperidine rings is 1. The molecular weight excluding hydrogens is 160 g/mol. The second-order valence-electron chi connectivity index (χ2n) is 3.21. The lowest BCUT2D eigenvalue weighted by atomic mass is 9.86. The second-order valence-corrected chi connectivity index (χ2v) is 3.21. The number of rotatable bonds is 2. The van der Waals surface area contributed by atoms with Crippen LogP contribution in [0.2, 0.25) is 0 Å². The number of nitrogens with two attached hydrogens (primary N) is 1. The van der Waals surface area contributed by atoms with Crippen molar-refractivity contribution in [3.05, 3.63) is 0 Å². The highest BCUT2D eigenvalue weighted by Crippen LogP contribution is 2.19. The van der Waals surface area contributed by atoms with Gasteiger partial charge in [-0.2, -0.15) is 0 Å². The monoisotopic (exact) mass is 172 g/mol. The van der Waals surface area contributed by atoms with Crippen LogP contribution in [0.5, 0.6) is 0 Å². The molecule has 1 aliphatic heterocycles. The summed E-state index contributed by atoms with van der Waals surface area (Å²) in [6.07, 6.45) is 0.505. The van der Waals surface area contributed by atoms with Crippen LogP contribution in [-0.4, -0.2) is 29.1 Å². The Hall–Kier alpha value is -1.10. The smallest absolute Gasteiger partial charge is 0.305 e. The molecule has 1 fully saturated rings. The summed E-state index contributed by atoms with van der Waals surface area (Å²) in [4.78, 5) is 21.2. The average Bonchev–Trinajstić information content (AvgIpc) is 1.82. The van der Waals surface area contributed by atoms with Crippen molar-refractivity contribution in [1.29, 1.82) is 0 Å². The number of amides is 1. The predicted molar refractivity (Wildman–Crippen MR) is 41.4 cm³/mol. The Kier molecular flexibility index (Phi) is 2.32. The highest BCUT2D eigenvalue weighted by molar-refractivity contribution is 5.79. The Labute approximate surface area is 69.9 Å². The van der Waals surface area contributed by atoms with Gasteiger partial charge in [-0.25, -0.2) is 0 Å². The summed E-state index contributed by atoms with van der Waals surface area (Å²) in [7, 11) is 0. The van der Waals surface area contributed by atoms with Crippen molar-refractivity contribution >= 4 is 11.9 Å². The Balaban J connectivity index is 2.57. The summed E-state index contributed by atoms with van der Waals surface area (Å²) in [6, 6.07) is 0. The molecule has 1 heterocycles. The molecule has 1 rings (SSSR count). The summed E-state index contributed by atoms with van der Waals surface area (Å²) >= 11 is 0. The van der Waals surface area contributed by atoms with Crippen molar-refractivity contribution in [2.24, 2.45) is 5.73 Å². The molecule has 68 valence electrons. The molecule has 0 radical (unpaired) electrons. The average molecular weight is 172 g/mol. The molecule has 1 unspecified atom stereocenters. The minimum absolute atomic E-state index is 0.110. The van der Waals surface area contributed by atoms with E-state index in [9.17, 15) is 9.59 Å². The third-order valence-electron chi connectivity index (χ3n) is 1.96. The summed E-state index contributed by atoms with van der Waals surface area (Å²) in [6.45, 7) is 0.475. The van der Waals surface area contributed by atoms with Crippen LogP contribution in [0.1, 0.15) is 19.3 Å². The maximum atomic E-state index is 10.9. The number of hydrogen-bond donors (Lipinski definition) is 3.